The molecule has 1 atom stereocenters. The fourth-order valence-electron chi connectivity index (χ4n) is 3.53. The number of hydrogen-bond acceptors (Lipinski definition) is 3. The summed E-state index contributed by atoms with van der Waals surface area (Å²) in [6, 6.07) is 15.1. The van der Waals surface area contributed by atoms with Crippen molar-refractivity contribution in [2.45, 2.75) is 46.2 Å². The van der Waals surface area contributed by atoms with Gasteiger partial charge in [0.25, 0.3) is 0 Å². The first-order chi connectivity index (χ1) is 12.0. The molecule has 1 saturated heterocycles. The van der Waals surface area contributed by atoms with Crippen LogP contribution in [0, 0.1) is 13.8 Å². The van der Waals surface area contributed by atoms with Crippen LogP contribution in [0.4, 0.5) is 5.69 Å². The van der Waals surface area contributed by atoms with E-state index in [2.05, 4.69) is 48.3 Å². The number of anilines is 1. The lowest BCUT2D eigenvalue weighted by atomic mass is 10.0. The Hall–Kier alpha value is -2.13. The van der Waals surface area contributed by atoms with Gasteiger partial charge < -0.3 is 5.32 Å². The van der Waals surface area contributed by atoms with Crippen LogP contribution in [0.3, 0.4) is 0 Å². The molecule has 3 rings (SSSR count). The highest BCUT2D eigenvalue weighted by Gasteiger charge is 2.20. The van der Waals surface area contributed by atoms with Crippen molar-refractivity contribution in [1.29, 1.82) is 0 Å². The van der Waals surface area contributed by atoms with E-state index in [1.807, 2.05) is 18.2 Å². The molecule has 0 aliphatic carbocycles. The quantitative estimate of drug-likeness (QED) is 0.811. The molecule has 1 heterocycles. The zero-order chi connectivity index (χ0) is 17.8. The van der Waals surface area contributed by atoms with E-state index in [4.69, 9.17) is 0 Å². The summed E-state index contributed by atoms with van der Waals surface area (Å²) in [7, 11) is 0. The Morgan fingerprint density at radius 2 is 2.00 bits per heavy atom. The van der Waals surface area contributed by atoms with Gasteiger partial charge in [-0.25, -0.2) is 0 Å². The highest BCUT2D eigenvalue weighted by Crippen LogP contribution is 2.20. The Morgan fingerprint density at radius 3 is 2.76 bits per heavy atom. The smallest absolute Gasteiger partial charge is 0.159 e. The summed E-state index contributed by atoms with van der Waals surface area (Å²) in [6.07, 6.45) is 2.41. The van der Waals surface area contributed by atoms with Gasteiger partial charge in [0, 0.05) is 30.4 Å². The fraction of sp³-hybridized carbons (Fsp3) is 0.409. The van der Waals surface area contributed by atoms with E-state index in [-0.39, 0.29) is 5.78 Å². The zero-order valence-corrected chi connectivity index (χ0v) is 15.5. The van der Waals surface area contributed by atoms with Crippen LogP contribution in [0.2, 0.25) is 0 Å². The van der Waals surface area contributed by atoms with E-state index in [0.29, 0.717) is 6.04 Å². The van der Waals surface area contributed by atoms with Gasteiger partial charge >= 0.3 is 0 Å². The zero-order valence-electron chi connectivity index (χ0n) is 15.5. The second kappa shape index (κ2) is 7.83. The van der Waals surface area contributed by atoms with Crippen LogP contribution in [0.5, 0.6) is 0 Å². The van der Waals surface area contributed by atoms with Gasteiger partial charge in [-0.05, 0) is 75.0 Å². The SMILES string of the molecule is CC(=O)c1cccc(CN2CCC[C@H](Nc3ccc(C)c(C)c3)C2)c1. The number of Topliss-reactive ketones (excluding diaryl/α,β-unsaturated/α-hetero) is 1. The molecule has 0 saturated carbocycles. The number of piperidine rings is 1. The summed E-state index contributed by atoms with van der Waals surface area (Å²) in [5, 5.41) is 3.70. The number of nitrogens with one attached hydrogen (secondary N) is 1. The van der Waals surface area contributed by atoms with E-state index in [0.717, 1.165) is 25.2 Å². The van der Waals surface area contributed by atoms with Crippen LogP contribution in [0.1, 0.15) is 46.8 Å². The molecule has 25 heavy (non-hydrogen) atoms. The van der Waals surface area contributed by atoms with Gasteiger partial charge in [0.05, 0.1) is 0 Å². The molecule has 0 aromatic heterocycles. The molecule has 132 valence electrons. The molecule has 2 aromatic rings. The maximum absolute atomic E-state index is 11.6. The van der Waals surface area contributed by atoms with Crippen LogP contribution >= 0.6 is 0 Å². The monoisotopic (exact) mass is 336 g/mol. The third-order valence-electron chi connectivity index (χ3n) is 5.12. The number of benzene rings is 2. The van der Waals surface area contributed by atoms with Crippen molar-refractivity contribution in [2.24, 2.45) is 0 Å². The normalized spacial score (nSPS) is 18.1. The van der Waals surface area contributed by atoms with E-state index in [1.54, 1.807) is 6.92 Å². The summed E-state index contributed by atoms with van der Waals surface area (Å²) in [5.41, 5.74) is 5.91. The van der Waals surface area contributed by atoms with Crippen molar-refractivity contribution in [3.05, 3.63) is 64.7 Å². The molecular weight excluding hydrogens is 308 g/mol. The highest BCUT2D eigenvalue weighted by molar-refractivity contribution is 5.94. The van der Waals surface area contributed by atoms with Crippen LogP contribution in [0.25, 0.3) is 0 Å². The van der Waals surface area contributed by atoms with Crippen LogP contribution in [0.15, 0.2) is 42.5 Å². The van der Waals surface area contributed by atoms with Crippen molar-refractivity contribution in [3.63, 3.8) is 0 Å². The first kappa shape index (κ1) is 17.7. The van der Waals surface area contributed by atoms with Crippen LogP contribution in [-0.2, 0) is 6.54 Å². The first-order valence-electron chi connectivity index (χ1n) is 9.17. The third-order valence-corrected chi connectivity index (χ3v) is 5.12. The maximum atomic E-state index is 11.6. The van der Waals surface area contributed by atoms with Gasteiger partial charge in [0.1, 0.15) is 0 Å². The lowest BCUT2D eigenvalue weighted by Crippen LogP contribution is -2.41. The molecule has 1 aliphatic heterocycles. The summed E-state index contributed by atoms with van der Waals surface area (Å²) < 4.78 is 0. The van der Waals surface area contributed by atoms with Crippen LogP contribution < -0.4 is 5.32 Å². The van der Waals surface area contributed by atoms with E-state index < -0.39 is 0 Å². The molecule has 3 heteroatoms. The Labute approximate surface area is 151 Å². The molecule has 0 radical (unpaired) electrons. The van der Waals surface area contributed by atoms with Gasteiger partial charge in [-0.3, -0.25) is 9.69 Å². The topological polar surface area (TPSA) is 32.3 Å². The second-order valence-electron chi connectivity index (χ2n) is 7.27. The molecular formula is C22H28N2O. The lowest BCUT2D eigenvalue weighted by molar-refractivity contribution is 0.101. The summed E-state index contributed by atoms with van der Waals surface area (Å²) in [4.78, 5) is 14.1. The molecule has 0 bridgehead atoms. The molecule has 2 aromatic carbocycles. The Kier molecular flexibility index (Phi) is 5.54. The van der Waals surface area contributed by atoms with E-state index in [9.17, 15) is 4.79 Å². The summed E-state index contributed by atoms with van der Waals surface area (Å²) >= 11 is 0. The second-order valence-corrected chi connectivity index (χ2v) is 7.27. The Balaban J connectivity index is 1.62. The molecule has 1 N–H and O–H groups in total. The third kappa shape index (κ3) is 4.70. The average molecular weight is 336 g/mol. The minimum absolute atomic E-state index is 0.134. The molecule has 0 amide bonds. The Bertz CT molecular complexity index is 753. The van der Waals surface area contributed by atoms with E-state index in [1.165, 1.54) is 35.2 Å². The van der Waals surface area contributed by atoms with Crippen molar-refractivity contribution < 1.29 is 4.79 Å². The van der Waals surface area contributed by atoms with Crippen molar-refractivity contribution in [3.8, 4) is 0 Å². The van der Waals surface area contributed by atoms with Crippen molar-refractivity contribution >= 4 is 11.5 Å². The number of aryl methyl sites for hydroxylation is 2. The number of carbonyl (C=O) groups excluding carboxylic acids is 1. The fourth-order valence-corrected chi connectivity index (χ4v) is 3.53. The molecule has 1 fully saturated rings. The number of nitrogens with zero attached hydrogens (tertiary/aromatic N) is 1. The minimum atomic E-state index is 0.134. The molecule has 0 spiro atoms. The van der Waals surface area contributed by atoms with Crippen LogP contribution in [-0.4, -0.2) is 29.8 Å². The number of rotatable bonds is 5. The first-order valence-corrected chi connectivity index (χ1v) is 9.17. The predicted molar refractivity (Wildman–Crippen MR) is 104 cm³/mol. The number of likely N-dealkylation sites (tertiary alicyclic amines) is 1. The predicted octanol–water partition coefficient (Wildman–Crippen LogP) is 4.58. The lowest BCUT2D eigenvalue weighted by Gasteiger charge is -2.34. The van der Waals surface area contributed by atoms with Gasteiger partial charge in [-0.2, -0.15) is 0 Å². The molecule has 0 unspecified atom stereocenters. The van der Waals surface area contributed by atoms with Crippen molar-refractivity contribution in [2.75, 3.05) is 18.4 Å². The maximum Gasteiger partial charge on any atom is 0.159 e. The van der Waals surface area contributed by atoms with Gasteiger partial charge in [-0.15, -0.1) is 0 Å². The Morgan fingerprint density at radius 1 is 1.16 bits per heavy atom. The number of carbonyl (C=O) groups is 1. The molecule has 3 nitrogen and oxygen atoms in total. The van der Waals surface area contributed by atoms with Gasteiger partial charge in [0.15, 0.2) is 5.78 Å². The number of ketones is 1. The summed E-state index contributed by atoms with van der Waals surface area (Å²) in [5.74, 6) is 0.134. The van der Waals surface area contributed by atoms with Gasteiger partial charge in [-0.1, -0.05) is 24.3 Å². The average Bonchev–Trinajstić information content (AvgIpc) is 2.59. The van der Waals surface area contributed by atoms with Crippen molar-refractivity contribution in [1.82, 2.24) is 4.90 Å². The molecule has 1 aliphatic rings. The number of hydrogen-bond donors (Lipinski definition) is 1. The van der Waals surface area contributed by atoms with E-state index >= 15 is 0 Å². The largest absolute Gasteiger partial charge is 0.381 e. The highest BCUT2D eigenvalue weighted by atomic mass is 16.1. The minimum Gasteiger partial charge on any atom is -0.381 e. The van der Waals surface area contributed by atoms with Gasteiger partial charge in [0.2, 0.25) is 0 Å². The standard InChI is InChI=1S/C22H28N2O/c1-16-9-10-21(12-17(16)2)23-22-8-5-11-24(15-22)14-19-6-4-7-20(13-19)18(3)25/h4,6-7,9-10,12-13,22-23H,5,8,11,14-15H2,1-3H3/t22-/m0/s1. The summed E-state index contributed by atoms with van der Waals surface area (Å²) in [6.45, 7) is 9.01.